The zero-order valence-corrected chi connectivity index (χ0v) is 10.4. The van der Waals surface area contributed by atoms with Crippen molar-refractivity contribution in [2.24, 2.45) is 0 Å². The van der Waals surface area contributed by atoms with Gasteiger partial charge in [0, 0.05) is 24.0 Å². The summed E-state index contributed by atoms with van der Waals surface area (Å²) in [6.45, 7) is 3.41. The van der Waals surface area contributed by atoms with Gasteiger partial charge in [-0.3, -0.25) is 0 Å². The van der Waals surface area contributed by atoms with Crippen LogP contribution in [0, 0.1) is 0 Å². The number of H-pyrrole nitrogens is 1. The molecule has 1 aromatic carbocycles. The van der Waals surface area contributed by atoms with Gasteiger partial charge in [-0.2, -0.15) is 13.2 Å². The van der Waals surface area contributed by atoms with E-state index in [9.17, 15) is 13.2 Å². The fourth-order valence-corrected chi connectivity index (χ4v) is 1.70. The number of aromatic amines is 1. The minimum Gasteiger partial charge on any atom is -0.341 e. The fraction of sp³-hybridized carbons (Fsp3) is 0.308. The first-order valence-electron chi connectivity index (χ1n) is 5.93. The van der Waals surface area contributed by atoms with Crippen LogP contribution >= 0.6 is 0 Å². The van der Waals surface area contributed by atoms with Crippen molar-refractivity contribution in [2.75, 3.05) is 6.54 Å². The lowest BCUT2D eigenvalue weighted by Gasteiger charge is -2.07. The highest BCUT2D eigenvalue weighted by Crippen LogP contribution is 2.31. The van der Waals surface area contributed by atoms with Gasteiger partial charge in [-0.05, 0) is 18.7 Å². The Kier molecular flexibility index (Phi) is 3.90. The van der Waals surface area contributed by atoms with Gasteiger partial charge >= 0.3 is 6.18 Å². The van der Waals surface area contributed by atoms with Gasteiger partial charge in [-0.15, -0.1) is 0 Å². The average Bonchev–Trinajstić information content (AvgIpc) is 2.84. The van der Waals surface area contributed by atoms with E-state index >= 15 is 0 Å². The highest BCUT2D eigenvalue weighted by Gasteiger charge is 2.30. The molecular weight excluding hydrogens is 255 g/mol. The molecule has 0 atom stereocenters. The van der Waals surface area contributed by atoms with E-state index in [1.165, 1.54) is 6.07 Å². The Morgan fingerprint density at radius 2 is 2.11 bits per heavy atom. The van der Waals surface area contributed by atoms with E-state index in [2.05, 4.69) is 15.3 Å². The summed E-state index contributed by atoms with van der Waals surface area (Å²) in [7, 11) is 0. The van der Waals surface area contributed by atoms with Crippen molar-refractivity contribution in [1.82, 2.24) is 15.3 Å². The zero-order chi connectivity index (χ0) is 13.9. The van der Waals surface area contributed by atoms with Gasteiger partial charge in [0.2, 0.25) is 0 Å². The second-order valence-corrected chi connectivity index (χ2v) is 4.12. The number of rotatable bonds is 4. The third kappa shape index (κ3) is 3.35. The molecule has 1 aromatic heterocycles. The summed E-state index contributed by atoms with van der Waals surface area (Å²) in [5.41, 5.74) is 0.599. The van der Waals surface area contributed by atoms with E-state index in [4.69, 9.17) is 0 Å². The quantitative estimate of drug-likeness (QED) is 0.894. The summed E-state index contributed by atoms with van der Waals surface area (Å²) in [6.07, 6.45) is -2.71. The van der Waals surface area contributed by atoms with Crippen LogP contribution in [-0.2, 0) is 12.7 Å². The Bertz CT molecular complexity index is 546. The van der Waals surface area contributed by atoms with Crippen LogP contribution in [0.5, 0.6) is 0 Å². The van der Waals surface area contributed by atoms with Gasteiger partial charge in [0.1, 0.15) is 5.82 Å². The van der Waals surface area contributed by atoms with Crippen LogP contribution in [-0.4, -0.2) is 16.5 Å². The molecule has 0 saturated heterocycles. The van der Waals surface area contributed by atoms with Gasteiger partial charge in [-0.1, -0.05) is 19.1 Å². The van der Waals surface area contributed by atoms with Crippen LogP contribution in [0.2, 0.25) is 0 Å². The molecule has 19 heavy (non-hydrogen) atoms. The summed E-state index contributed by atoms with van der Waals surface area (Å²) in [5.74, 6) is 0.444. The van der Waals surface area contributed by atoms with Gasteiger partial charge in [0.05, 0.1) is 5.56 Å². The zero-order valence-electron chi connectivity index (χ0n) is 10.4. The van der Waals surface area contributed by atoms with Crippen molar-refractivity contribution in [3.8, 4) is 11.4 Å². The lowest BCUT2D eigenvalue weighted by atomic mass is 10.1. The Morgan fingerprint density at radius 1 is 1.32 bits per heavy atom. The first-order valence-corrected chi connectivity index (χ1v) is 5.93. The maximum absolute atomic E-state index is 12.6. The molecule has 102 valence electrons. The van der Waals surface area contributed by atoms with Crippen molar-refractivity contribution in [1.29, 1.82) is 0 Å². The number of benzene rings is 1. The maximum atomic E-state index is 12.6. The predicted molar refractivity (Wildman–Crippen MR) is 66.4 cm³/mol. The molecule has 0 amide bonds. The molecule has 2 N–H and O–H groups in total. The van der Waals surface area contributed by atoms with Crippen molar-refractivity contribution < 1.29 is 13.2 Å². The van der Waals surface area contributed by atoms with Crippen molar-refractivity contribution in [2.45, 2.75) is 19.6 Å². The average molecular weight is 269 g/mol. The molecule has 0 aliphatic heterocycles. The molecule has 3 nitrogen and oxygen atoms in total. The molecule has 0 fully saturated rings. The highest BCUT2D eigenvalue weighted by molar-refractivity contribution is 5.56. The van der Waals surface area contributed by atoms with E-state index < -0.39 is 11.7 Å². The van der Waals surface area contributed by atoms with Crippen molar-refractivity contribution in [3.63, 3.8) is 0 Å². The molecule has 0 unspecified atom stereocenters. The Labute approximate surface area is 108 Å². The summed E-state index contributed by atoms with van der Waals surface area (Å²) in [6, 6.07) is 5.12. The minimum atomic E-state index is -4.34. The summed E-state index contributed by atoms with van der Waals surface area (Å²) in [4.78, 5) is 7.10. The first-order chi connectivity index (χ1) is 9.00. The molecule has 0 spiro atoms. The van der Waals surface area contributed by atoms with Crippen LogP contribution < -0.4 is 5.32 Å². The lowest BCUT2D eigenvalue weighted by Crippen LogP contribution is -2.11. The minimum absolute atomic E-state index is 0.428. The smallest absolute Gasteiger partial charge is 0.341 e. The highest BCUT2D eigenvalue weighted by atomic mass is 19.4. The number of imidazole rings is 1. The fourth-order valence-electron chi connectivity index (χ4n) is 1.70. The van der Waals surface area contributed by atoms with Gasteiger partial charge in [0.15, 0.2) is 0 Å². The standard InChI is InChI=1S/C13H14F3N3/c1-2-17-7-11-8-18-12(19-11)9-4-3-5-10(6-9)13(14,15)16/h3-6,8,17H,2,7H2,1H3,(H,18,19). The topological polar surface area (TPSA) is 40.7 Å². The maximum Gasteiger partial charge on any atom is 0.416 e. The Morgan fingerprint density at radius 3 is 2.79 bits per heavy atom. The van der Waals surface area contributed by atoms with E-state index in [1.807, 2.05) is 6.92 Å². The van der Waals surface area contributed by atoms with Crippen LogP contribution in [0.25, 0.3) is 11.4 Å². The third-order valence-electron chi connectivity index (χ3n) is 2.66. The van der Waals surface area contributed by atoms with Crippen molar-refractivity contribution >= 4 is 0 Å². The van der Waals surface area contributed by atoms with Crippen LogP contribution in [0.15, 0.2) is 30.5 Å². The third-order valence-corrected chi connectivity index (χ3v) is 2.66. The Hall–Kier alpha value is -1.82. The number of aromatic nitrogens is 2. The number of halogens is 3. The lowest BCUT2D eigenvalue weighted by molar-refractivity contribution is -0.137. The first kappa shape index (κ1) is 13.6. The van der Waals surface area contributed by atoms with Gasteiger partial charge in [0.25, 0.3) is 0 Å². The molecule has 0 saturated carbocycles. The monoisotopic (exact) mass is 269 g/mol. The predicted octanol–water partition coefficient (Wildman–Crippen LogP) is 3.21. The molecule has 0 aliphatic carbocycles. The second-order valence-electron chi connectivity index (χ2n) is 4.12. The summed E-state index contributed by atoms with van der Waals surface area (Å²) < 4.78 is 37.8. The number of alkyl halides is 3. The molecule has 6 heteroatoms. The molecule has 2 rings (SSSR count). The normalized spacial score (nSPS) is 11.8. The number of hydrogen-bond acceptors (Lipinski definition) is 2. The summed E-state index contributed by atoms with van der Waals surface area (Å²) in [5, 5.41) is 3.11. The number of hydrogen-bond donors (Lipinski definition) is 2. The van der Waals surface area contributed by atoms with Crippen molar-refractivity contribution in [3.05, 3.63) is 41.7 Å². The van der Waals surface area contributed by atoms with Crippen LogP contribution in [0.3, 0.4) is 0 Å². The van der Waals surface area contributed by atoms with E-state index in [0.717, 1.165) is 24.4 Å². The van der Waals surface area contributed by atoms with E-state index in [0.29, 0.717) is 17.9 Å². The van der Waals surface area contributed by atoms with Gasteiger partial charge in [-0.25, -0.2) is 4.98 Å². The molecule has 1 heterocycles. The van der Waals surface area contributed by atoms with Crippen LogP contribution in [0.1, 0.15) is 18.2 Å². The number of nitrogens with zero attached hydrogens (tertiary/aromatic N) is 1. The van der Waals surface area contributed by atoms with Crippen LogP contribution in [0.4, 0.5) is 13.2 Å². The number of nitrogens with one attached hydrogen (secondary N) is 2. The SMILES string of the molecule is CCNCc1cnc(-c2cccc(C(F)(F)F)c2)[nH]1. The molecular formula is C13H14F3N3. The second kappa shape index (κ2) is 5.44. The van der Waals surface area contributed by atoms with E-state index in [-0.39, 0.29) is 0 Å². The largest absolute Gasteiger partial charge is 0.416 e. The molecule has 2 aromatic rings. The molecule has 0 bridgehead atoms. The molecule has 0 radical (unpaired) electrons. The Balaban J connectivity index is 2.24. The van der Waals surface area contributed by atoms with Gasteiger partial charge < -0.3 is 10.3 Å². The summed E-state index contributed by atoms with van der Waals surface area (Å²) >= 11 is 0. The molecule has 0 aliphatic rings. The van der Waals surface area contributed by atoms with E-state index in [1.54, 1.807) is 12.3 Å².